The summed E-state index contributed by atoms with van der Waals surface area (Å²) < 4.78 is 1.57. The Hall–Kier alpha value is -1.81. The van der Waals surface area contributed by atoms with Crippen LogP contribution < -0.4 is 5.32 Å². The maximum absolute atomic E-state index is 11.7. The highest BCUT2D eigenvalue weighted by molar-refractivity contribution is 6.28. The van der Waals surface area contributed by atoms with Gasteiger partial charge in [0.15, 0.2) is 0 Å². The highest BCUT2D eigenvalue weighted by Crippen LogP contribution is 2.09. The standard InChI is InChI=1S/C12H12ClN3O/c1-9-2-4-10(5-3-9)15-11(17)8-16-7-6-14-12(16)13/h2-7H,8H2,1H3,(H,15,17). The van der Waals surface area contributed by atoms with Crippen molar-refractivity contribution in [2.24, 2.45) is 0 Å². The molecule has 2 aromatic rings. The first kappa shape index (κ1) is 11.7. The first-order valence-corrected chi connectivity index (χ1v) is 5.56. The Bertz CT molecular complexity index is 519. The van der Waals surface area contributed by atoms with E-state index >= 15 is 0 Å². The number of carbonyl (C=O) groups is 1. The molecular weight excluding hydrogens is 238 g/mol. The quantitative estimate of drug-likeness (QED) is 0.909. The molecule has 2 rings (SSSR count). The van der Waals surface area contributed by atoms with E-state index in [-0.39, 0.29) is 12.5 Å². The molecule has 0 radical (unpaired) electrons. The van der Waals surface area contributed by atoms with Crippen molar-refractivity contribution in [3.05, 3.63) is 47.5 Å². The number of amides is 1. The third-order valence-corrected chi connectivity index (χ3v) is 2.63. The van der Waals surface area contributed by atoms with E-state index in [0.717, 1.165) is 11.3 Å². The molecule has 0 fully saturated rings. The molecule has 0 unspecified atom stereocenters. The van der Waals surface area contributed by atoms with Crippen LogP contribution in [0.2, 0.25) is 5.28 Å². The Kier molecular flexibility index (Phi) is 3.44. The number of nitrogens with zero attached hydrogens (tertiary/aromatic N) is 2. The van der Waals surface area contributed by atoms with Crippen molar-refractivity contribution in [2.75, 3.05) is 5.32 Å². The Balaban J connectivity index is 1.98. The highest BCUT2D eigenvalue weighted by Gasteiger charge is 2.06. The average molecular weight is 250 g/mol. The molecule has 88 valence electrons. The number of benzene rings is 1. The molecule has 4 nitrogen and oxygen atoms in total. The number of carbonyl (C=O) groups excluding carboxylic acids is 1. The molecule has 0 aliphatic heterocycles. The third-order valence-electron chi connectivity index (χ3n) is 2.31. The number of imidazole rings is 1. The van der Waals surface area contributed by atoms with Crippen LogP contribution in [-0.4, -0.2) is 15.5 Å². The smallest absolute Gasteiger partial charge is 0.244 e. The van der Waals surface area contributed by atoms with Crippen LogP contribution in [0.15, 0.2) is 36.7 Å². The first-order chi connectivity index (χ1) is 8.15. The lowest BCUT2D eigenvalue weighted by molar-refractivity contribution is -0.116. The number of hydrogen-bond donors (Lipinski definition) is 1. The number of aromatic nitrogens is 2. The fourth-order valence-corrected chi connectivity index (χ4v) is 1.59. The van der Waals surface area contributed by atoms with Crippen LogP contribution in [0.4, 0.5) is 5.69 Å². The normalized spacial score (nSPS) is 10.2. The highest BCUT2D eigenvalue weighted by atomic mass is 35.5. The van der Waals surface area contributed by atoms with Gasteiger partial charge in [-0.05, 0) is 30.7 Å². The minimum Gasteiger partial charge on any atom is -0.325 e. The topological polar surface area (TPSA) is 46.9 Å². The molecule has 1 heterocycles. The van der Waals surface area contributed by atoms with Crippen molar-refractivity contribution >= 4 is 23.2 Å². The predicted octanol–water partition coefficient (Wildman–Crippen LogP) is 2.48. The van der Waals surface area contributed by atoms with Gasteiger partial charge in [-0.1, -0.05) is 17.7 Å². The predicted molar refractivity (Wildman–Crippen MR) is 67.0 cm³/mol. The maximum atomic E-state index is 11.7. The Morgan fingerprint density at radius 3 is 2.71 bits per heavy atom. The van der Waals surface area contributed by atoms with E-state index in [2.05, 4.69) is 10.3 Å². The zero-order valence-corrected chi connectivity index (χ0v) is 10.1. The molecule has 1 aromatic heterocycles. The number of nitrogens with one attached hydrogen (secondary N) is 1. The molecule has 0 saturated carbocycles. The molecule has 0 aliphatic carbocycles. The van der Waals surface area contributed by atoms with Crippen molar-refractivity contribution < 1.29 is 4.79 Å². The molecule has 0 saturated heterocycles. The number of halogens is 1. The molecule has 1 aromatic carbocycles. The van der Waals surface area contributed by atoms with Crippen LogP contribution in [0.1, 0.15) is 5.56 Å². The number of rotatable bonds is 3. The van der Waals surface area contributed by atoms with Crippen molar-refractivity contribution in [3.63, 3.8) is 0 Å². The molecule has 0 bridgehead atoms. The molecule has 0 atom stereocenters. The minimum atomic E-state index is -0.131. The summed E-state index contributed by atoms with van der Waals surface area (Å²) >= 11 is 5.78. The average Bonchev–Trinajstić information content (AvgIpc) is 2.68. The Morgan fingerprint density at radius 2 is 2.12 bits per heavy atom. The largest absolute Gasteiger partial charge is 0.325 e. The molecule has 5 heteroatoms. The summed E-state index contributed by atoms with van der Waals surface area (Å²) in [5.41, 5.74) is 1.93. The summed E-state index contributed by atoms with van der Waals surface area (Å²) in [7, 11) is 0. The Morgan fingerprint density at radius 1 is 1.41 bits per heavy atom. The fourth-order valence-electron chi connectivity index (χ4n) is 1.42. The van der Waals surface area contributed by atoms with Crippen molar-refractivity contribution in [1.82, 2.24) is 9.55 Å². The zero-order valence-electron chi connectivity index (χ0n) is 9.35. The molecule has 1 N–H and O–H groups in total. The minimum absolute atomic E-state index is 0.131. The number of anilines is 1. The summed E-state index contributed by atoms with van der Waals surface area (Å²) in [5.74, 6) is -0.131. The molecular formula is C12H12ClN3O. The lowest BCUT2D eigenvalue weighted by atomic mass is 10.2. The number of aryl methyl sites for hydroxylation is 1. The van der Waals surface area contributed by atoms with E-state index in [4.69, 9.17) is 11.6 Å². The van der Waals surface area contributed by atoms with Gasteiger partial charge in [-0.2, -0.15) is 0 Å². The van der Waals surface area contributed by atoms with Crippen LogP contribution in [0.25, 0.3) is 0 Å². The van der Waals surface area contributed by atoms with Gasteiger partial charge in [0.1, 0.15) is 6.54 Å². The van der Waals surface area contributed by atoms with E-state index in [1.807, 2.05) is 31.2 Å². The van der Waals surface area contributed by atoms with E-state index in [0.29, 0.717) is 5.28 Å². The van der Waals surface area contributed by atoms with E-state index in [1.54, 1.807) is 17.0 Å². The second-order valence-corrected chi connectivity index (χ2v) is 4.08. The fraction of sp³-hybridized carbons (Fsp3) is 0.167. The SMILES string of the molecule is Cc1ccc(NC(=O)Cn2ccnc2Cl)cc1. The number of hydrogen-bond acceptors (Lipinski definition) is 2. The van der Waals surface area contributed by atoms with Gasteiger partial charge in [0, 0.05) is 18.1 Å². The van der Waals surface area contributed by atoms with Gasteiger partial charge in [-0.25, -0.2) is 4.98 Å². The van der Waals surface area contributed by atoms with Gasteiger partial charge < -0.3 is 9.88 Å². The monoisotopic (exact) mass is 249 g/mol. The van der Waals surface area contributed by atoms with Crippen molar-refractivity contribution in [3.8, 4) is 0 Å². The van der Waals surface area contributed by atoms with Crippen molar-refractivity contribution in [2.45, 2.75) is 13.5 Å². The maximum Gasteiger partial charge on any atom is 0.244 e. The summed E-state index contributed by atoms with van der Waals surface area (Å²) in [6.45, 7) is 2.16. The van der Waals surface area contributed by atoms with Gasteiger partial charge in [0.05, 0.1) is 0 Å². The van der Waals surface area contributed by atoms with Gasteiger partial charge in [-0.3, -0.25) is 4.79 Å². The van der Waals surface area contributed by atoms with Crippen LogP contribution in [-0.2, 0) is 11.3 Å². The molecule has 17 heavy (non-hydrogen) atoms. The summed E-state index contributed by atoms with van der Waals surface area (Å²) in [5, 5.41) is 3.10. The van der Waals surface area contributed by atoms with Gasteiger partial charge >= 0.3 is 0 Å². The molecule has 1 amide bonds. The van der Waals surface area contributed by atoms with Crippen LogP contribution in [0.3, 0.4) is 0 Å². The van der Waals surface area contributed by atoms with E-state index in [9.17, 15) is 4.79 Å². The second kappa shape index (κ2) is 5.01. The summed E-state index contributed by atoms with van der Waals surface area (Å²) in [4.78, 5) is 15.5. The lowest BCUT2D eigenvalue weighted by Gasteiger charge is -2.06. The second-order valence-electron chi connectivity index (χ2n) is 3.74. The Labute approximate surface area is 104 Å². The van der Waals surface area contributed by atoms with Crippen LogP contribution >= 0.6 is 11.6 Å². The first-order valence-electron chi connectivity index (χ1n) is 5.18. The van der Waals surface area contributed by atoms with Gasteiger partial charge in [0.2, 0.25) is 11.2 Å². The van der Waals surface area contributed by atoms with Crippen LogP contribution in [0.5, 0.6) is 0 Å². The van der Waals surface area contributed by atoms with Gasteiger partial charge in [-0.15, -0.1) is 0 Å². The van der Waals surface area contributed by atoms with Gasteiger partial charge in [0.25, 0.3) is 0 Å². The zero-order chi connectivity index (χ0) is 12.3. The van der Waals surface area contributed by atoms with Crippen molar-refractivity contribution in [1.29, 1.82) is 0 Å². The third kappa shape index (κ3) is 3.07. The van der Waals surface area contributed by atoms with E-state index in [1.165, 1.54) is 0 Å². The molecule has 0 spiro atoms. The summed E-state index contributed by atoms with van der Waals surface area (Å²) in [6, 6.07) is 7.62. The lowest BCUT2D eigenvalue weighted by Crippen LogP contribution is -2.18. The summed E-state index contributed by atoms with van der Waals surface area (Å²) in [6.07, 6.45) is 3.22. The van der Waals surface area contributed by atoms with Crippen LogP contribution in [0, 0.1) is 6.92 Å². The molecule has 0 aliphatic rings. The van der Waals surface area contributed by atoms with E-state index < -0.39 is 0 Å².